The molecule has 0 amide bonds. The van der Waals surface area contributed by atoms with Gasteiger partial charge in [-0.15, -0.1) is 0 Å². The number of phenols is 1. The molecule has 1 aromatic heterocycles. The summed E-state index contributed by atoms with van der Waals surface area (Å²) in [6.07, 6.45) is 4.08. The summed E-state index contributed by atoms with van der Waals surface area (Å²) in [4.78, 5) is 4.47. The Balaban J connectivity index is 1.84. The quantitative estimate of drug-likeness (QED) is 0.901. The molecule has 0 aliphatic heterocycles. The number of nitrogens with two attached hydrogens (primary N) is 1. The normalized spacial score (nSPS) is 22.2. The van der Waals surface area contributed by atoms with Gasteiger partial charge < -0.3 is 20.1 Å². The standard InChI is InChI=1S/C15H19N3O3/c1-20-13-8-9(5-6-12(13)19)14-17-15(21-18-14)10-3-2-4-11(16)7-10/h5-6,8,10-11,19H,2-4,7,16H2,1H3. The lowest BCUT2D eigenvalue weighted by Gasteiger charge is -2.23. The lowest BCUT2D eigenvalue weighted by molar-refractivity contribution is 0.299. The van der Waals surface area contributed by atoms with Crippen LogP contribution in [0.2, 0.25) is 0 Å². The molecule has 3 N–H and O–H groups in total. The average molecular weight is 289 g/mol. The number of aromatic hydroxyl groups is 1. The molecule has 0 spiro atoms. The molecule has 0 saturated heterocycles. The average Bonchev–Trinajstić information content (AvgIpc) is 2.97. The van der Waals surface area contributed by atoms with Gasteiger partial charge in [-0.1, -0.05) is 11.6 Å². The molecule has 1 aliphatic carbocycles. The van der Waals surface area contributed by atoms with Gasteiger partial charge in [-0.2, -0.15) is 4.98 Å². The van der Waals surface area contributed by atoms with Crippen molar-refractivity contribution >= 4 is 0 Å². The Morgan fingerprint density at radius 1 is 1.38 bits per heavy atom. The summed E-state index contributed by atoms with van der Waals surface area (Å²) in [5, 5.41) is 13.6. The predicted octanol–water partition coefficient (Wildman–Crippen LogP) is 2.44. The molecule has 21 heavy (non-hydrogen) atoms. The van der Waals surface area contributed by atoms with E-state index in [9.17, 15) is 5.11 Å². The molecule has 1 heterocycles. The van der Waals surface area contributed by atoms with Crippen LogP contribution in [0.25, 0.3) is 11.4 Å². The smallest absolute Gasteiger partial charge is 0.230 e. The van der Waals surface area contributed by atoms with E-state index in [1.54, 1.807) is 18.2 Å². The molecule has 6 nitrogen and oxygen atoms in total. The van der Waals surface area contributed by atoms with Crippen molar-refractivity contribution in [1.82, 2.24) is 10.1 Å². The third-order valence-electron chi connectivity index (χ3n) is 3.94. The number of ether oxygens (including phenoxy) is 1. The van der Waals surface area contributed by atoms with E-state index in [0.29, 0.717) is 17.5 Å². The van der Waals surface area contributed by atoms with Crippen molar-refractivity contribution in [3.63, 3.8) is 0 Å². The number of methoxy groups -OCH3 is 1. The molecule has 1 saturated carbocycles. The van der Waals surface area contributed by atoms with Gasteiger partial charge >= 0.3 is 0 Å². The van der Waals surface area contributed by atoms with E-state index in [4.69, 9.17) is 15.0 Å². The highest BCUT2D eigenvalue weighted by atomic mass is 16.5. The second-order valence-electron chi connectivity index (χ2n) is 5.47. The number of hydrogen-bond donors (Lipinski definition) is 2. The fourth-order valence-corrected chi connectivity index (χ4v) is 2.79. The second kappa shape index (κ2) is 5.73. The molecule has 1 aromatic carbocycles. The van der Waals surface area contributed by atoms with Crippen LogP contribution in [0.15, 0.2) is 22.7 Å². The highest BCUT2D eigenvalue weighted by molar-refractivity contribution is 5.60. The molecule has 2 atom stereocenters. The van der Waals surface area contributed by atoms with Gasteiger partial charge in [0.05, 0.1) is 7.11 Å². The minimum absolute atomic E-state index is 0.0863. The molecule has 112 valence electrons. The summed E-state index contributed by atoms with van der Waals surface area (Å²) in [7, 11) is 1.50. The van der Waals surface area contributed by atoms with E-state index in [2.05, 4.69) is 10.1 Å². The maximum Gasteiger partial charge on any atom is 0.230 e. The van der Waals surface area contributed by atoms with Crippen molar-refractivity contribution in [2.45, 2.75) is 37.6 Å². The van der Waals surface area contributed by atoms with Gasteiger partial charge in [0.1, 0.15) is 0 Å². The molecule has 2 aromatic rings. The first-order valence-electron chi connectivity index (χ1n) is 7.14. The van der Waals surface area contributed by atoms with Crippen molar-refractivity contribution in [2.24, 2.45) is 5.73 Å². The second-order valence-corrected chi connectivity index (χ2v) is 5.47. The van der Waals surface area contributed by atoms with Crippen LogP contribution in [-0.4, -0.2) is 28.4 Å². The van der Waals surface area contributed by atoms with Gasteiger partial charge in [-0.25, -0.2) is 0 Å². The van der Waals surface area contributed by atoms with Crippen molar-refractivity contribution in [3.05, 3.63) is 24.1 Å². The van der Waals surface area contributed by atoms with Crippen LogP contribution in [0.1, 0.15) is 37.5 Å². The molecule has 6 heteroatoms. The van der Waals surface area contributed by atoms with Crippen LogP contribution in [0.3, 0.4) is 0 Å². The molecule has 0 radical (unpaired) electrons. The van der Waals surface area contributed by atoms with E-state index in [1.807, 2.05) is 0 Å². The van der Waals surface area contributed by atoms with Gasteiger partial charge in [-0.3, -0.25) is 0 Å². The zero-order valence-corrected chi connectivity index (χ0v) is 12.0. The highest BCUT2D eigenvalue weighted by Gasteiger charge is 2.25. The zero-order chi connectivity index (χ0) is 14.8. The molecule has 2 unspecified atom stereocenters. The number of nitrogens with zero attached hydrogens (tertiary/aromatic N) is 2. The third kappa shape index (κ3) is 2.85. The number of phenolic OH excluding ortho intramolecular Hbond substituents is 1. The van der Waals surface area contributed by atoms with E-state index < -0.39 is 0 Å². The summed E-state index contributed by atoms with van der Waals surface area (Å²) >= 11 is 0. The number of hydrogen-bond acceptors (Lipinski definition) is 6. The van der Waals surface area contributed by atoms with E-state index in [1.165, 1.54) is 7.11 Å². The Kier molecular flexibility index (Phi) is 3.79. The van der Waals surface area contributed by atoms with Gasteiger partial charge in [0.2, 0.25) is 11.7 Å². The Labute approximate surface area is 122 Å². The highest BCUT2D eigenvalue weighted by Crippen LogP contribution is 2.34. The Morgan fingerprint density at radius 3 is 3.00 bits per heavy atom. The lowest BCUT2D eigenvalue weighted by atomic mass is 9.86. The first kappa shape index (κ1) is 13.9. The van der Waals surface area contributed by atoms with Crippen LogP contribution in [-0.2, 0) is 0 Å². The topological polar surface area (TPSA) is 94.4 Å². The first-order chi connectivity index (χ1) is 10.2. The lowest BCUT2D eigenvalue weighted by Crippen LogP contribution is -2.26. The Morgan fingerprint density at radius 2 is 2.24 bits per heavy atom. The minimum atomic E-state index is 0.0863. The van der Waals surface area contributed by atoms with Crippen LogP contribution in [0.5, 0.6) is 11.5 Å². The van der Waals surface area contributed by atoms with Gasteiger partial charge in [0.25, 0.3) is 0 Å². The number of benzene rings is 1. The Hall–Kier alpha value is -2.08. The molecular weight excluding hydrogens is 270 g/mol. The van der Waals surface area contributed by atoms with Gasteiger partial charge in [-0.05, 0) is 37.5 Å². The maximum atomic E-state index is 9.62. The van der Waals surface area contributed by atoms with Crippen LogP contribution in [0, 0.1) is 0 Å². The third-order valence-corrected chi connectivity index (χ3v) is 3.94. The summed E-state index contributed by atoms with van der Waals surface area (Å²) in [5.41, 5.74) is 6.75. The van der Waals surface area contributed by atoms with E-state index >= 15 is 0 Å². The maximum absolute atomic E-state index is 9.62. The molecule has 1 fully saturated rings. The fourth-order valence-electron chi connectivity index (χ4n) is 2.79. The first-order valence-corrected chi connectivity index (χ1v) is 7.14. The van der Waals surface area contributed by atoms with E-state index in [-0.39, 0.29) is 17.7 Å². The summed E-state index contributed by atoms with van der Waals surface area (Å²) in [5.74, 6) is 1.87. The number of aromatic nitrogens is 2. The summed E-state index contributed by atoms with van der Waals surface area (Å²) in [6.45, 7) is 0. The summed E-state index contributed by atoms with van der Waals surface area (Å²) in [6, 6.07) is 5.20. The van der Waals surface area contributed by atoms with Crippen LogP contribution < -0.4 is 10.5 Å². The van der Waals surface area contributed by atoms with Gasteiger partial charge in [0, 0.05) is 17.5 Å². The zero-order valence-electron chi connectivity index (χ0n) is 12.0. The van der Waals surface area contributed by atoms with Crippen LogP contribution in [0.4, 0.5) is 0 Å². The summed E-state index contributed by atoms with van der Waals surface area (Å²) < 4.78 is 10.5. The minimum Gasteiger partial charge on any atom is -0.504 e. The monoisotopic (exact) mass is 289 g/mol. The van der Waals surface area contributed by atoms with Crippen molar-refractivity contribution in [2.75, 3.05) is 7.11 Å². The van der Waals surface area contributed by atoms with Crippen molar-refractivity contribution in [3.8, 4) is 22.9 Å². The fraction of sp³-hybridized carbons (Fsp3) is 0.467. The number of rotatable bonds is 3. The van der Waals surface area contributed by atoms with Crippen molar-refractivity contribution < 1.29 is 14.4 Å². The largest absolute Gasteiger partial charge is 0.504 e. The molecular formula is C15H19N3O3. The SMILES string of the molecule is COc1cc(-c2noc(C3CCCC(N)C3)n2)ccc1O. The van der Waals surface area contributed by atoms with Crippen molar-refractivity contribution in [1.29, 1.82) is 0 Å². The molecule has 1 aliphatic rings. The Bertz CT molecular complexity index is 626. The van der Waals surface area contributed by atoms with Gasteiger partial charge in [0.15, 0.2) is 11.5 Å². The molecule has 0 bridgehead atoms. The predicted molar refractivity (Wildman–Crippen MR) is 77.1 cm³/mol. The molecule has 3 rings (SSSR count). The van der Waals surface area contributed by atoms with E-state index in [0.717, 1.165) is 31.2 Å². The van der Waals surface area contributed by atoms with Crippen LogP contribution >= 0.6 is 0 Å².